The molecule has 0 fully saturated rings. The fraction of sp³-hybridized carbons (Fsp3) is 0.0625. The van der Waals surface area contributed by atoms with Crippen molar-refractivity contribution in [2.45, 2.75) is 11.8 Å². The lowest BCUT2D eigenvalue weighted by Crippen LogP contribution is -2.15. The summed E-state index contributed by atoms with van der Waals surface area (Å²) in [5, 5.41) is 5.45. The van der Waals surface area contributed by atoms with E-state index in [1.807, 2.05) is 30.3 Å². The van der Waals surface area contributed by atoms with Gasteiger partial charge in [-0.1, -0.05) is 48.5 Å². The van der Waals surface area contributed by atoms with Crippen LogP contribution in [0.4, 0.5) is 0 Å². The first-order valence-corrected chi connectivity index (χ1v) is 8.15. The van der Waals surface area contributed by atoms with Crippen LogP contribution in [0, 0.1) is 6.92 Å². The molecular weight excluding hydrogens is 300 g/mol. The molecule has 0 amide bonds. The van der Waals surface area contributed by atoms with Gasteiger partial charge in [-0.15, -0.1) is 0 Å². The lowest BCUT2D eigenvalue weighted by Gasteiger charge is -2.12. The van der Waals surface area contributed by atoms with Crippen LogP contribution >= 0.6 is 0 Å². The Kier molecular flexibility index (Phi) is 3.56. The van der Waals surface area contributed by atoms with Crippen LogP contribution in [0.2, 0.25) is 0 Å². The van der Waals surface area contributed by atoms with E-state index >= 15 is 0 Å². The third-order valence-corrected chi connectivity index (χ3v) is 4.29. The molecule has 0 spiro atoms. The predicted octanol–water partition coefficient (Wildman–Crippen LogP) is 2.96. The molecule has 0 saturated heterocycles. The van der Waals surface area contributed by atoms with Crippen molar-refractivity contribution in [3.05, 3.63) is 60.7 Å². The number of benzene rings is 2. The Morgan fingerprint density at radius 1 is 1.00 bits per heavy atom. The molecule has 0 atom stereocenters. The molecular formula is C16H14N2O3S. The number of nitrogens with zero attached hydrogens (tertiary/aromatic N) is 1. The average molecular weight is 314 g/mol. The highest BCUT2D eigenvalue weighted by molar-refractivity contribution is 7.89. The molecule has 0 bridgehead atoms. The Morgan fingerprint density at radius 3 is 2.27 bits per heavy atom. The third kappa shape index (κ3) is 2.66. The van der Waals surface area contributed by atoms with E-state index in [4.69, 9.17) is 9.56 Å². The second-order valence-corrected chi connectivity index (χ2v) is 6.34. The van der Waals surface area contributed by atoms with E-state index in [2.05, 4.69) is 4.98 Å². The summed E-state index contributed by atoms with van der Waals surface area (Å²) in [4.78, 5) is 4.25. The van der Waals surface area contributed by atoms with E-state index in [1.54, 1.807) is 25.1 Å². The number of primary sulfonamides is 1. The van der Waals surface area contributed by atoms with Gasteiger partial charge in [0.2, 0.25) is 10.0 Å². The zero-order valence-corrected chi connectivity index (χ0v) is 12.7. The minimum absolute atomic E-state index is 0.0505. The average Bonchev–Trinajstić information content (AvgIpc) is 2.93. The number of rotatable bonds is 3. The third-order valence-electron chi connectivity index (χ3n) is 3.28. The van der Waals surface area contributed by atoms with Crippen LogP contribution in [0.1, 0.15) is 5.89 Å². The summed E-state index contributed by atoms with van der Waals surface area (Å²) in [6, 6.07) is 14.4. The highest BCUT2D eigenvalue weighted by Crippen LogP contribution is 2.34. The van der Waals surface area contributed by atoms with Crippen molar-refractivity contribution in [1.29, 1.82) is 0 Å². The van der Waals surface area contributed by atoms with Crippen molar-refractivity contribution in [2.24, 2.45) is 5.14 Å². The number of hydrogen-bond acceptors (Lipinski definition) is 4. The number of hydrogen-bond donors (Lipinski definition) is 1. The fourth-order valence-electron chi connectivity index (χ4n) is 2.38. The minimum Gasteiger partial charge on any atom is -0.449 e. The molecule has 2 aromatic carbocycles. The van der Waals surface area contributed by atoms with Crippen LogP contribution in [0.5, 0.6) is 0 Å². The highest BCUT2D eigenvalue weighted by Gasteiger charge is 2.22. The van der Waals surface area contributed by atoms with Gasteiger partial charge in [0.15, 0.2) is 5.89 Å². The number of sulfonamides is 1. The largest absolute Gasteiger partial charge is 0.449 e. The zero-order valence-electron chi connectivity index (χ0n) is 11.9. The molecule has 1 heterocycles. The smallest absolute Gasteiger partial charge is 0.239 e. The molecule has 0 radical (unpaired) electrons. The summed E-state index contributed by atoms with van der Waals surface area (Å²) in [6.07, 6.45) is 1.42. The second-order valence-electron chi connectivity index (χ2n) is 4.85. The lowest BCUT2D eigenvalue weighted by atomic mass is 10.0. The van der Waals surface area contributed by atoms with Crippen molar-refractivity contribution in [2.75, 3.05) is 0 Å². The van der Waals surface area contributed by atoms with Gasteiger partial charge in [-0.3, -0.25) is 0 Å². The number of aromatic nitrogens is 1. The molecule has 112 valence electrons. The van der Waals surface area contributed by atoms with Gasteiger partial charge in [0, 0.05) is 18.1 Å². The first kappa shape index (κ1) is 14.5. The molecule has 3 aromatic rings. The van der Waals surface area contributed by atoms with E-state index < -0.39 is 10.0 Å². The zero-order chi connectivity index (χ0) is 15.7. The summed E-state index contributed by atoms with van der Waals surface area (Å²) in [5.74, 6) is 0.459. The molecule has 0 aliphatic heterocycles. The van der Waals surface area contributed by atoms with Crippen molar-refractivity contribution >= 4 is 10.0 Å². The fourth-order valence-corrected chi connectivity index (χ4v) is 3.35. The molecule has 1 aromatic heterocycles. The quantitative estimate of drug-likeness (QED) is 0.805. The van der Waals surface area contributed by atoms with Crippen molar-refractivity contribution in [3.63, 3.8) is 0 Å². The second kappa shape index (κ2) is 5.40. The van der Waals surface area contributed by atoms with Crippen LogP contribution in [0.25, 0.3) is 22.4 Å². The van der Waals surface area contributed by atoms with Crippen molar-refractivity contribution in [1.82, 2.24) is 4.98 Å². The first-order valence-electron chi connectivity index (χ1n) is 6.60. The SMILES string of the molecule is Cc1nc(-c2cccc(-c3ccccc3)c2S(N)(=O)=O)co1. The van der Waals surface area contributed by atoms with Crippen LogP contribution in [0.15, 0.2) is 64.1 Å². The number of oxazole rings is 1. The van der Waals surface area contributed by atoms with Gasteiger partial charge in [-0.25, -0.2) is 18.5 Å². The normalized spacial score (nSPS) is 11.5. The van der Waals surface area contributed by atoms with Gasteiger partial charge >= 0.3 is 0 Å². The van der Waals surface area contributed by atoms with Crippen LogP contribution < -0.4 is 5.14 Å². The Labute approximate surface area is 128 Å². The van der Waals surface area contributed by atoms with E-state index in [-0.39, 0.29) is 4.90 Å². The van der Waals surface area contributed by atoms with E-state index in [0.717, 1.165) is 5.56 Å². The van der Waals surface area contributed by atoms with Crippen LogP contribution in [-0.2, 0) is 10.0 Å². The van der Waals surface area contributed by atoms with E-state index in [1.165, 1.54) is 6.26 Å². The number of aryl methyl sites for hydroxylation is 1. The summed E-state index contributed by atoms with van der Waals surface area (Å²) in [7, 11) is -3.93. The summed E-state index contributed by atoms with van der Waals surface area (Å²) >= 11 is 0. The maximum atomic E-state index is 12.1. The first-order chi connectivity index (χ1) is 10.5. The Hall–Kier alpha value is -2.44. The van der Waals surface area contributed by atoms with Gasteiger partial charge in [-0.05, 0) is 5.56 Å². The maximum absolute atomic E-state index is 12.1. The van der Waals surface area contributed by atoms with Gasteiger partial charge in [0.1, 0.15) is 12.0 Å². The molecule has 5 nitrogen and oxygen atoms in total. The Balaban J connectivity index is 2.33. The highest BCUT2D eigenvalue weighted by atomic mass is 32.2. The minimum atomic E-state index is -3.93. The topological polar surface area (TPSA) is 86.2 Å². The Bertz CT molecular complexity index is 916. The Morgan fingerprint density at radius 2 is 1.68 bits per heavy atom. The van der Waals surface area contributed by atoms with Gasteiger partial charge in [0.25, 0.3) is 0 Å². The molecule has 6 heteroatoms. The maximum Gasteiger partial charge on any atom is 0.239 e. The van der Waals surface area contributed by atoms with Gasteiger partial charge < -0.3 is 4.42 Å². The molecule has 0 aliphatic carbocycles. The van der Waals surface area contributed by atoms with E-state index in [0.29, 0.717) is 22.7 Å². The molecule has 0 aliphatic rings. The molecule has 0 unspecified atom stereocenters. The monoisotopic (exact) mass is 314 g/mol. The predicted molar refractivity (Wildman–Crippen MR) is 83.5 cm³/mol. The van der Waals surface area contributed by atoms with Gasteiger partial charge in [-0.2, -0.15) is 0 Å². The molecule has 22 heavy (non-hydrogen) atoms. The summed E-state index contributed by atoms with van der Waals surface area (Å²) in [5.41, 5.74) is 2.19. The van der Waals surface area contributed by atoms with Gasteiger partial charge in [0.05, 0.1) is 4.90 Å². The lowest BCUT2D eigenvalue weighted by molar-refractivity contribution is 0.521. The molecule has 3 rings (SSSR count). The summed E-state index contributed by atoms with van der Waals surface area (Å²) in [6.45, 7) is 1.70. The molecule has 0 saturated carbocycles. The molecule has 2 N–H and O–H groups in total. The summed E-state index contributed by atoms with van der Waals surface area (Å²) < 4.78 is 29.5. The van der Waals surface area contributed by atoms with Crippen molar-refractivity contribution in [3.8, 4) is 22.4 Å². The van der Waals surface area contributed by atoms with E-state index in [9.17, 15) is 8.42 Å². The standard InChI is InChI=1S/C16H14N2O3S/c1-11-18-15(10-21-11)14-9-5-8-13(16(14)22(17,19)20)12-6-3-2-4-7-12/h2-10H,1H3,(H2,17,19,20). The number of nitrogens with two attached hydrogens (primary N) is 1. The van der Waals surface area contributed by atoms with Crippen molar-refractivity contribution < 1.29 is 12.8 Å². The van der Waals surface area contributed by atoms with Crippen LogP contribution in [-0.4, -0.2) is 13.4 Å². The van der Waals surface area contributed by atoms with Crippen LogP contribution in [0.3, 0.4) is 0 Å².